The van der Waals surface area contributed by atoms with Crippen LogP contribution in [0.5, 0.6) is 0 Å². The van der Waals surface area contributed by atoms with Crippen LogP contribution >= 0.6 is 11.3 Å². The molecule has 100 valence electrons. The molecule has 1 aliphatic rings. The smallest absolute Gasteiger partial charge is 0.109 e. The van der Waals surface area contributed by atoms with Gasteiger partial charge in [0.1, 0.15) is 5.01 Å². The lowest BCUT2D eigenvalue weighted by Crippen LogP contribution is -2.20. The largest absolute Gasteiger partial charge is 0.384 e. The first-order valence-corrected chi connectivity index (χ1v) is 7.74. The molecule has 1 aliphatic heterocycles. The molecule has 0 radical (unpaired) electrons. The van der Waals surface area contributed by atoms with Gasteiger partial charge in [-0.05, 0) is 24.0 Å². The molecule has 0 saturated carbocycles. The molecule has 0 saturated heterocycles. The molecule has 2 aromatic rings. The predicted octanol–water partition coefficient (Wildman–Crippen LogP) is 3.35. The maximum absolute atomic E-state index is 4.41. The molecule has 0 fully saturated rings. The molecule has 19 heavy (non-hydrogen) atoms. The van der Waals surface area contributed by atoms with Crippen molar-refractivity contribution in [1.29, 1.82) is 0 Å². The predicted molar refractivity (Wildman–Crippen MR) is 80.6 cm³/mol. The lowest BCUT2D eigenvalue weighted by Gasteiger charge is -2.16. The summed E-state index contributed by atoms with van der Waals surface area (Å²) in [5.74, 6) is 0. The van der Waals surface area contributed by atoms with Gasteiger partial charge in [0.2, 0.25) is 0 Å². The second-order valence-corrected chi connectivity index (χ2v) is 5.77. The number of aromatic nitrogens is 1. The van der Waals surface area contributed by atoms with Gasteiger partial charge in [0, 0.05) is 30.4 Å². The minimum Gasteiger partial charge on any atom is -0.384 e. The summed E-state index contributed by atoms with van der Waals surface area (Å²) in [6.45, 7) is 4.16. The zero-order valence-corrected chi connectivity index (χ0v) is 12.0. The van der Waals surface area contributed by atoms with Crippen LogP contribution in [0.2, 0.25) is 0 Å². The fourth-order valence-electron chi connectivity index (χ4n) is 2.60. The number of nitrogens with zero attached hydrogens (tertiary/aromatic N) is 1. The lowest BCUT2D eigenvalue weighted by atomic mass is 10.1. The summed E-state index contributed by atoms with van der Waals surface area (Å²) < 4.78 is 0. The molecular formula is C15H19N3S. The van der Waals surface area contributed by atoms with Crippen molar-refractivity contribution in [2.75, 3.05) is 11.9 Å². The van der Waals surface area contributed by atoms with Crippen molar-refractivity contribution < 1.29 is 0 Å². The Kier molecular flexibility index (Phi) is 3.80. The molecule has 0 bridgehead atoms. The molecule has 3 rings (SSSR count). The summed E-state index contributed by atoms with van der Waals surface area (Å²) in [5, 5.41) is 10.3. The Bertz CT molecular complexity index is 536. The van der Waals surface area contributed by atoms with Crippen molar-refractivity contribution in [2.45, 2.75) is 32.4 Å². The van der Waals surface area contributed by atoms with Crippen LogP contribution in [0.1, 0.15) is 35.5 Å². The van der Waals surface area contributed by atoms with Crippen LogP contribution in [0.4, 0.5) is 5.69 Å². The zero-order chi connectivity index (χ0) is 13.1. The number of fused-ring (bicyclic) bond motifs is 1. The Morgan fingerprint density at radius 2 is 2.42 bits per heavy atom. The Balaban J connectivity index is 1.71. The summed E-state index contributed by atoms with van der Waals surface area (Å²) in [6, 6.07) is 6.94. The third-order valence-electron chi connectivity index (χ3n) is 3.63. The van der Waals surface area contributed by atoms with Gasteiger partial charge in [-0.15, -0.1) is 11.3 Å². The fourth-order valence-corrected chi connectivity index (χ4v) is 3.40. The molecule has 0 spiro atoms. The van der Waals surface area contributed by atoms with E-state index in [-0.39, 0.29) is 0 Å². The SMILES string of the molecule is CCC(NCc1cccc2c1NCC2)c1nccs1. The average Bonchev–Trinajstić information content (AvgIpc) is 3.10. The summed E-state index contributed by atoms with van der Waals surface area (Å²) in [5.41, 5.74) is 4.15. The van der Waals surface area contributed by atoms with Gasteiger partial charge in [0.25, 0.3) is 0 Å². The molecule has 0 amide bonds. The summed E-state index contributed by atoms with van der Waals surface area (Å²) in [7, 11) is 0. The Morgan fingerprint density at radius 1 is 1.47 bits per heavy atom. The van der Waals surface area contributed by atoms with Gasteiger partial charge in [-0.1, -0.05) is 25.1 Å². The van der Waals surface area contributed by atoms with Crippen LogP contribution in [0.25, 0.3) is 0 Å². The first-order valence-electron chi connectivity index (χ1n) is 6.86. The van der Waals surface area contributed by atoms with Gasteiger partial charge in [0.05, 0.1) is 6.04 Å². The number of rotatable bonds is 5. The Labute approximate surface area is 118 Å². The van der Waals surface area contributed by atoms with Crippen molar-refractivity contribution in [2.24, 2.45) is 0 Å². The van der Waals surface area contributed by atoms with E-state index in [2.05, 4.69) is 40.7 Å². The summed E-state index contributed by atoms with van der Waals surface area (Å²) >= 11 is 1.73. The minimum absolute atomic E-state index is 0.359. The standard InChI is InChI=1S/C15H19N3S/c1-2-13(15-17-8-9-19-15)18-10-12-5-3-4-11-6-7-16-14(11)12/h3-5,8-9,13,16,18H,2,6-7,10H2,1H3. The highest BCUT2D eigenvalue weighted by Crippen LogP contribution is 2.27. The van der Waals surface area contributed by atoms with Gasteiger partial charge in [0.15, 0.2) is 0 Å². The molecule has 1 aromatic carbocycles. The fraction of sp³-hybridized carbons (Fsp3) is 0.400. The third kappa shape index (κ3) is 2.65. The highest BCUT2D eigenvalue weighted by atomic mass is 32.1. The van der Waals surface area contributed by atoms with E-state index in [0.29, 0.717) is 6.04 Å². The van der Waals surface area contributed by atoms with Crippen molar-refractivity contribution in [3.8, 4) is 0 Å². The van der Waals surface area contributed by atoms with Crippen molar-refractivity contribution in [3.05, 3.63) is 45.9 Å². The number of benzene rings is 1. The van der Waals surface area contributed by atoms with Crippen molar-refractivity contribution >= 4 is 17.0 Å². The van der Waals surface area contributed by atoms with Gasteiger partial charge < -0.3 is 10.6 Å². The van der Waals surface area contributed by atoms with Crippen molar-refractivity contribution in [3.63, 3.8) is 0 Å². The first kappa shape index (κ1) is 12.6. The number of thiazole rings is 1. The highest BCUT2D eigenvalue weighted by Gasteiger charge is 2.15. The zero-order valence-electron chi connectivity index (χ0n) is 11.1. The van der Waals surface area contributed by atoms with E-state index >= 15 is 0 Å². The van der Waals surface area contributed by atoms with Crippen LogP contribution in [0.15, 0.2) is 29.8 Å². The number of para-hydroxylation sites is 1. The second-order valence-electron chi connectivity index (χ2n) is 4.84. The maximum atomic E-state index is 4.41. The van der Waals surface area contributed by atoms with Crippen molar-refractivity contribution in [1.82, 2.24) is 10.3 Å². The Morgan fingerprint density at radius 3 is 3.21 bits per heavy atom. The number of anilines is 1. The molecule has 1 atom stereocenters. The number of hydrogen-bond acceptors (Lipinski definition) is 4. The first-order chi connectivity index (χ1) is 9.38. The Hall–Kier alpha value is -1.39. The van der Waals surface area contributed by atoms with E-state index < -0.39 is 0 Å². The number of hydrogen-bond donors (Lipinski definition) is 2. The van der Waals surface area contributed by atoms with E-state index in [4.69, 9.17) is 0 Å². The maximum Gasteiger partial charge on any atom is 0.109 e. The van der Waals surface area contributed by atoms with Crippen LogP contribution in [0.3, 0.4) is 0 Å². The van der Waals surface area contributed by atoms with Gasteiger partial charge in [-0.25, -0.2) is 4.98 Å². The van der Waals surface area contributed by atoms with Crippen LogP contribution in [0, 0.1) is 0 Å². The molecule has 4 heteroatoms. The van der Waals surface area contributed by atoms with Gasteiger partial charge >= 0.3 is 0 Å². The summed E-state index contributed by atoms with van der Waals surface area (Å²) in [6.07, 6.45) is 4.09. The van der Waals surface area contributed by atoms with E-state index in [1.165, 1.54) is 21.8 Å². The van der Waals surface area contributed by atoms with Gasteiger partial charge in [-0.3, -0.25) is 0 Å². The molecule has 2 N–H and O–H groups in total. The number of nitrogens with one attached hydrogen (secondary N) is 2. The van der Waals surface area contributed by atoms with Gasteiger partial charge in [-0.2, -0.15) is 0 Å². The van der Waals surface area contributed by atoms with Crippen LogP contribution in [-0.2, 0) is 13.0 Å². The third-order valence-corrected chi connectivity index (χ3v) is 4.52. The van der Waals surface area contributed by atoms with Crippen LogP contribution < -0.4 is 10.6 Å². The van der Waals surface area contributed by atoms with E-state index in [1.54, 1.807) is 11.3 Å². The van der Waals surface area contributed by atoms with E-state index in [1.807, 2.05) is 11.6 Å². The normalized spacial score (nSPS) is 15.0. The van der Waals surface area contributed by atoms with E-state index in [0.717, 1.165) is 25.9 Å². The van der Waals surface area contributed by atoms with E-state index in [9.17, 15) is 0 Å². The topological polar surface area (TPSA) is 37.0 Å². The average molecular weight is 273 g/mol. The van der Waals surface area contributed by atoms with Crippen LogP contribution in [-0.4, -0.2) is 11.5 Å². The highest BCUT2D eigenvalue weighted by molar-refractivity contribution is 7.09. The molecule has 1 aromatic heterocycles. The quantitative estimate of drug-likeness (QED) is 0.877. The molecular weight excluding hydrogens is 254 g/mol. The molecule has 0 aliphatic carbocycles. The molecule has 3 nitrogen and oxygen atoms in total. The second kappa shape index (κ2) is 5.72. The lowest BCUT2D eigenvalue weighted by molar-refractivity contribution is 0.517. The minimum atomic E-state index is 0.359. The summed E-state index contributed by atoms with van der Waals surface area (Å²) in [4.78, 5) is 4.41. The molecule has 1 unspecified atom stereocenters. The molecule has 2 heterocycles. The monoisotopic (exact) mass is 273 g/mol.